The number of rotatable bonds is 6. The summed E-state index contributed by atoms with van der Waals surface area (Å²) in [6, 6.07) is 9.68. The highest BCUT2D eigenvalue weighted by atomic mass is 16.5. The normalized spacial score (nSPS) is 11.1. The molecule has 0 heterocycles. The molecule has 1 rings (SSSR count). The fourth-order valence-corrected chi connectivity index (χ4v) is 1.29. The first-order valence-corrected chi connectivity index (χ1v) is 5.88. The average Bonchev–Trinajstić information content (AvgIpc) is 2.37. The van der Waals surface area contributed by atoms with Crippen molar-refractivity contribution in [2.75, 3.05) is 6.61 Å². The third-order valence-corrected chi connectivity index (χ3v) is 2.14. The van der Waals surface area contributed by atoms with Gasteiger partial charge in [-0.25, -0.2) is 4.79 Å². The molecule has 0 amide bonds. The Morgan fingerprint density at radius 2 is 2.00 bits per heavy atom. The standard InChI is InChI=1S/C15H18O2/c1-2-3-4-8-13-17-15(16)12-11-14-9-6-5-7-10-14/h3-7,9-12H,2,8,13H2,1H3/b4-3?,12-11-. The molecule has 0 radical (unpaired) electrons. The molecule has 2 nitrogen and oxygen atoms in total. The van der Waals surface area contributed by atoms with E-state index < -0.39 is 0 Å². The maximum absolute atomic E-state index is 11.3. The van der Waals surface area contributed by atoms with Crippen molar-refractivity contribution in [3.05, 3.63) is 54.1 Å². The maximum Gasteiger partial charge on any atom is 0.330 e. The van der Waals surface area contributed by atoms with Crippen LogP contribution in [0.15, 0.2) is 48.6 Å². The number of ether oxygens (including phenoxy) is 1. The number of carbonyl (C=O) groups excluding carboxylic acids is 1. The van der Waals surface area contributed by atoms with E-state index in [0.717, 1.165) is 18.4 Å². The second kappa shape index (κ2) is 8.34. The van der Waals surface area contributed by atoms with Crippen molar-refractivity contribution in [1.29, 1.82) is 0 Å². The van der Waals surface area contributed by atoms with Crippen molar-refractivity contribution in [2.45, 2.75) is 19.8 Å². The van der Waals surface area contributed by atoms with Crippen molar-refractivity contribution in [3.63, 3.8) is 0 Å². The Kier molecular flexibility index (Phi) is 6.49. The Balaban J connectivity index is 2.25. The van der Waals surface area contributed by atoms with Gasteiger partial charge in [-0.3, -0.25) is 0 Å². The van der Waals surface area contributed by atoms with Gasteiger partial charge < -0.3 is 4.74 Å². The van der Waals surface area contributed by atoms with Gasteiger partial charge in [-0.2, -0.15) is 0 Å². The van der Waals surface area contributed by atoms with Gasteiger partial charge >= 0.3 is 5.97 Å². The quantitative estimate of drug-likeness (QED) is 0.323. The first kappa shape index (κ1) is 13.2. The average molecular weight is 230 g/mol. The molecule has 0 aromatic heterocycles. The lowest BCUT2D eigenvalue weighted by Crippen LogP contribution is -2.01. The van der Waals surface area contributed by atoms with E-state index in [4.69, 9.17) is 4.74 Å². The second-order valence-electron chi connectivity index (χ2n) is 3.58. The number of esters is 1. The molecule has 2 heteroatoms. The molecule has 0 aliphatic carbocycles. The molecule has 0 unspecified atom stereocenters. The van der Waals surface area contributed by atoms with Crippen molar-refractivity contribution < 1.29 is 9.53 Å². The molecule has 0 saturated carbocycles. The van der Waals surface area contributed by atoms with Gasteiger partial charge in [0.25, 0.3) is 0 Å². The zero-order valence-electron chi connectivity index (χ0n) is 10.1. The van der Waals surface area contributed by atoms with Gasteiger partial charge in [0, 0.05) is 6.08 Å². The largest absolute Gasteiger partial charge is 0.462 e. The Morgan fingerprint density at radius 1 is 1.24 bits per heavy atom. The molecule has 0 fully saturated rings. The molecular formula is C15H18O2. The maximum atomic E-state index is 11.3. The third-order valence-electron chi connectivity index (χ3n) is 2.14. The third kappa shape index (κ3) is 6.36. The first-order chi connectivity index (χ1) is 8.33. The smallest absolute Gasteiger partial charge is 0.330 e. The van der Waals surface area contributed by atoms with E-state index in [9.17, 15) is 4.79 Å². The van der Waals surface area contributed by atoms with Gasteiger partial charge in [-0.05, 0) is 24.5 Å². The second-order valence-corrected chi connectivity index (χ2v) is 3.58. The van der Waals surface area contributed by atoms with Crippen LogP contribution in [0, 0.1) is 0 Å². The monoisotopic (exact) mass is 230 g/mol. The summed E-state index contributed by atoms with van der Waals surface area (Å²) in [6.45, 7) is 2.51. The van der Waals surface area contributed by atoms with Crippen LogP contribution in [0.25, 0.3) is 6.08 Å². The van der Waals surface area contributed by atoms with Crippen molar-refractivity contribution in [3.8, 4) is 0 Å². The summed E-state index contributed by atoms with van der Waals surface area (Å²) in [5.74, 6) is -0.293. The molecule has 0 spiro atoms. The van der Waals surface area contributed by atoms with E-state index in [1.54, 1.807) is 6.08 Å². The minimum absolute atomic E-state index is 0.293. The molecular weight excluding hydrogens is 212 g/mol. The Bertz CT molecular complexity index is 377. The van der Waals surface area contributed by atoms with Crippen LogP contribution in [0.4, 0.5) is 0 Å². The fourth-order valence-electron chi connectivity index (χ4n) is 1.29. The zero-order valence-corrected chi connectivity index (χ0v) is 10.1. The molecule has 1 aromatic rings. The van der Waals surface area contributed by atoms with Crippen LogP contribution in [0.3, 0.4) is 0 Å². The predicted molar refractivity (Wildman–Crippen MR) is 70.5 cm³/mol. The highest BCUT2D eigenvalue weighted by molar-refractivity contribution is 5.86. The van der Waals surface area contributed by atoms with Gasteiger partial charge in [0.1, 0.15) is 0 Å². The van der Waals surface area contributed by atoms with Crippen LogP contribution in [0.1, 0.15) is 25.3 Å². The molecule has 1 aromatic carbocycles. The summed E-state index contributed by atoms with van der Waals surface area (Å²) in [4.78, 5) is 11.3. The molecule has 90 valence electrons. The summed E-state index contributed by atoms with van der Waals surface area (Å²) in [7, 11) is 0. The fraction of sp³-hybridized carbons (Fsp3) is 0.267. The van der Waals surface area contributed by atoms with Crippen LogP contribution < -0.4 is 0 Å². The topological polar surface area (TPSA) is 26.3 Å². The van der Waals surface area contributed by atoms with Crippen molar-refractivity contribution >= 4 is 12.0 Å². The van der Waals surface area contributed by atoms with E-state index in [1.165, 1.54) is 6.08 Å². The summed E-state index contributed by atoms with van der Waals surface area (Å²) in [5.41, 5.74) is 0.996. The number of carbonyl (C=O) groups is 1. The molecule has 0 bridgehead atoms. The lowest BCUT2D eigenvalue weighted by molar-refractivity contribution is -0.137. The molecule has 0 aliphatic rings. The van der Waals surface area contributed by atoms with Crippen molar-refractivity contribution in [1.82, 2.24) is 0 Å². The number of hydrogen-bond acceptors (Lipinski definition) is 2. The van der Waals surface area contributed by atoms with Crippen LogP contribution in [-0.4, -0.2) is 12.6 Å². The molecule has 0 atom stereocenters. The number of hydrogen-bond donors (Lipinski definition) is 0. The van der Waals surface area contributed by atoms with Crippen molar-refractivity contribution in [2.24, 2.45) is 0 Å². The minimum Gasteiger partial charge on any atom is -0.462 e. The molecule has 0 aliphatic heterocycles. The lowest BCUT2D eigenvalue weighted by Gasteiger charge is -1.98. The van der Waals surface area contributed by atoms with Gasteiger partial charge in [0.15, 0.2) is 0 Å². The van der Waals surface area contributed by atoms with E-state index in [-0.39, 0.29) is 5.97 Å². The zero-order chi connectivity index (χ0) is 12.3. The SMILES string of the molecule is CCC=CCCOC(=O)/C=C\c1ccccc1. The Labute approximate surface area is 103 Å². The Morgan fingerprint density at radius 3 is 2.71 bits per heavy atom. The van der Waals surface area contributed by atoms with Crippen LogP contribution in [0.2, 0.25) is 0 Å². The summed E-state index contributed by atoms with van der Waals surface area (Å²) in [6.07, 6.45) is 9.09. The van der Waals surface area contributed by atoms with Gasteiger partial charge in [0.05, 0.1) is 6.61 Å². The van der Waals surface area contributed by atoms with Gasteiger partial charge in [-0.1, -0.05) is 49.4 Å². The molecule has 0 N–H and O–H groups in total. The highest BCUT2D eigenvalue weighted by Crippen LogP contribution is 2.01. The lowest BCUT2D eigenvalue weighted by atomic mass is 10.2. The highest BCUT2D eigenvalue weighted by Gasteiger charge is 1.94. The molecule has 17 heavy (non-hydrogen) atoms. The summed E-state index contributed by atoms with van der Waals surface area (Å²) in [5, 5.41) is 0. The van der Waals surface area contributed by atoms with E-state index in [0.29, 0.717) is 6.61 Å². The number of benzene rings is 1. The van der Waals surface area contributed by atoms with E-state index in [1.807, 2.05) is 36.4 Å². The van der Waals surface area contributed by atoms with E-state index in [2.05, 4.69) is 13.0 Å². The number of allylic oxidation sites excluding steroid dienone is 1. The van der Waals surface area contributed by atoms with Gasteiger partial charge in [0.2, 0.25) is 0 Å². The van der Waals surface area contributed by atoms with Crippen LogP contribution in [0.5, 0.6) is 0 Å². The minimum atomic E-state index is -0.293. The summed E-state index contributed by atoms with van der Waals surface area (Å²) >= 11 is 0. The van der Waals surface area contributed by atoms with Crippen LogP contribution in [-0.2, 0) is 9.53 Å². The first-order valence-electron chi connectivity index (χ1n) is 5.88. The van der Waals surface area contributed by atoms with Crippen LogP contribution >= 0.6 is 0 Å². The Hall–Kier alpha value is -1.83. The molecule has 0 saturated heterocycles. The van der Waals surface area contributed by atoms with Gasteiger partial charge in [-0.15, -0.1) is 0 Å². The predicted octanol–water partition coefficient (Wildman–Crippen LogP) is 3.60. The summed E-state index contributed by atoms with van der Waals surface area (Å²) < 4.78 is 5.03. The van der Waals surface area contributed by atoms with E-state index >= 15 is 0 Å².